The highest BCUT2D eigenvalue weighted by Gasteiger charge is 2.24. The molecule has 1 aliphatic rings. The summed E-state index contributed by atoms with van der Waals surface area (Å²) in [6.45, 7) is 12.2. The highest BCUT2D eigenvalue weighted by molar-refractivity contribution is 5.97. The van der Waals surface area contributed by atoms with Crippen LogP contribution in [0.1, 0.15) is 48.2 Å². The lowest BCUT2D eigenvalue weighted by Gasteiger charge is -2.35. The maximum Gasteiger partial charge on any atom is 0.257 e. The molecule has 0 radical (unpaired) electrons. The quantitative estimate of drug-likeness (QED) is 0.582. The van der Waals surface area contributed by atoms with Crippen LogP contribution < -0.4 is 4.74 Å². The van der Waals surface area contributed by atoms with Crippen LogP contribution in [0, 0.1) is 0 Å². The van der Waals surface area contributed by atoms with Crippen molar-refractivity contribution in [2.75, 3.05) is 46.0 Å². The van der Waals surface area contributed by atoms with Crippen molar-refractivity contribution in [3.8, 4) is 5.75 Å². The summed E-state index contributed by atoms with van der Waals surface area (Å²) in [4.78, 5) is 17.4. The van der Waals surface area contributed by atoms with E-state index in [1.165, 1.54) is 11.1 Å². The van der Waals surface area contributed by atoms with Crippen molar-refractivity contribution in [1.29, 1.82) is 0 Å². The van der Waals surface area contributed by atoms with Crippen LogP contribution in [-0.4, -0.2) is 61.7 Å². The molecule has 0 aliphatic carbocycles. The Bertz CT molecular complexity index is 796. The Morgan fingerprint density at radius 1 is 0.967 bits per heavy atom. The van der Waals surface area contributed by atoms with Crippen LogP contribution in [0.5, 0.6) is 5.75 Å². The van der Waals surface area contributed by atoms with E-state index in [0.717, 1.165) is 32.7 Å². The second-order valence-corrected chi connectivity index (χ2v) is 8.01. The Labute approximate surface area is 180 Å². The number of para-hydroxylation sites is 1. The van der Waals surface area contributed by atoms with E-state index in [4.69, 9.17) is 9.47 Å². The molecule has 1 saturated heterocycles. The maximum absolute atomic E-state index is 13.1. The molecule has 0 aromatic heterocycles. The molecule has 2 aromatic rings. The average molecular weight is 411 g/mol. The standard InChI is InChI=1S/C25H34N2O3/c1-4-29-17-18-30-24-8-6-5-7-23(24)25(28)27-15-13-26(14-16-27)19-21-9-11-22(12-10-21)20(2)3/h5-12,20H,4,13-19H2,1-3H3. The third-order valence-electron chi connectivity index (χ3n) is 5.52. The molecule has 0 spiro atoms. The van der Waals surface area contributed by atoms with Gasteiger partial charge in [0.05, 0.1) is 12.2 Å². The molecule has 5 nitrogen and oxygen atoms in total. The van der Waals surface area contributed by atoms with Gasteiger partial charge in [-0.3, -0.25) is 9.69 Å². The summed E-state index contributed by atoms with van der Waals surface area (Å²) in [5.74, 6) is 1.23. The van der Waals surface area contributed by atoms with Crippen LogP contribution >= 0.6 is 0 Å². The van der Waals surface area contributed by atoms with Gasteiger partial charge in [-0.05, 0) is 36.1 Å². The summed E-state index contributed by atoms with van der Waals surface area (Å²) in [5.41, 5.74) is 3.33. The van der Waals surface area contributed by atoms with Gasteiger partial charge < -0.3 is 14.4 Å². The van der Waals surface area contributed by atoms with Crippen LogP contribution in [0.15, 0.2) is 48.5 Å². The molecule has 2 aromatic carbocycles. The Morgan fingerprint density at radius 2 is 1.67 bits per heavy atom. The van der Waals surface area contributed by atoms with Crippen molar-refractivity contribution in [1.82, 2.24) is 9.80 Å². The highest BCUT2D eigenvalue weighted by Crippen LogP contribution is 2.21. The van der Waals surface area contributed by atoms with Crippen LogP contribution in [0.2, 0.25) is 0 Å². The summed E-state index contributed by atoms with van der Waals surface area (Å²) >= 11 is 0. The second kappa shape index (κ2) is 11.1. The predicted octanol–water partition coefficient (Wildman–Crippen LogP) is 4.18. The Kier molecular flexibility index (Phi) is 8.29. The van der Waals surface area contributed by atoms with E-state index in [1.807, 2.05) is 36.1 Å². The van der Waals surface area contributed by atoms with E-state index < -0.39 is 0 Å². The molecule has 162 valence electrons. The van der Waals surface area contributed by atoms with E-state index in [0.29, 0.717) is 37.1 Å². The summed E-state index contributed by atoms with van der Waals surface area (Å²) in [7, 11) is 0. The van der Waals surface area contributed by atoms with Gasteiger partial charge in [-0.15, -0.1) is 0 Å². The largest absolute Gasteiger partial charge is 0.490 e. The number of carbonyl (C=O) groups is 1. The molecule has 0 bridgehead atoms. The van der Waals surface area contributed by atoms with Gasteiger partial charge in [-0.2, -0.15) is 0 Å². The minimum absolute atomic E-state index is 0.0444. The molecule has 0 unspecified atom stereocenters. The summed E-state index contributed by atoms with van der Waals surface area (Å²) in [6.07, 6.45) is 0. The lowest BCUT2D eigenvalue weighted by atomic mass is 10.0. The number of rotatable bonds is 9. The van der Waals surface area contributed by atoms with Gasteiger partial charge in [-0.25, -0.2) is 0 Å². The van der Waals surface area contributed by atoms with Crippen molar-refractivity contribution >= 4 is 5.91 Å². The zero-order chi connectivity index (χ0) is 21.3. The fraction of sp³-hybridized carbons (Fsp3) is 0.480. The normalized spacial score (nSPS) is 14.9. The van der Waals surface area contributed by atoms with Crippen molar-refractivity contribution in [3.63, 3.8) is 0 Å². The van der Waals surface area contributed by atoms with E-state index in [9.17, 15) is 4.79 Å². The minimum Gasteiger partial charge on any atom is -0.490 e. The summed E-state index contributed by atoms with van der Waals surface area (Å²) in [5, 5.41) is 0. The van der Waals surface area contributed by atoms with Crippen LogP contribution in [0.4, 0.5) is 0 Å². The molecule has 30 heavy (non-hydrogen) atoms. The van der Waals surface area contributed by atoms with Crippen molar-refractivity contribution in [3.05, 3.63) is 65.2 Å². The molecule has 1 aliphatic heterocycles. The SMILES string of the molecule is CCOCCOc1ccccc1C(=O)N1CCN(Cc2ccc(C(C)C)cc2)CC1. The number of nitrogens with zero attached hydrogens (tertiary/aromatic N) is 2. The van der Waals surface area contributed by atoms with E-state index >= 15 is 0 Å². The van der Waals surface area contributed by atoms with Crippen LogP contribution in [0.3, 0.4) is 0 Å². The summed E-state index contributed by atoms with van der Waals surface area (Å²) < 4.78 is 11.1. The molecule has 0 saturated carbocycles. The predicted molar refractivity (Wildman–Crippen MR) is 120 cm³/mol. The Morgan fingerprint density at radius 3 is 2.33 bits per heavy atom. The van der Waals surface area contributed by atoms with Gasteiger partial charge in [0.2, 0.25) is 0 Å². The molecule has 3 rings (SSSR count). The van der Waals surface area contributed by atoms with Crippen LogP contribution in [-0.2, 0) is 11.3 Å². The first kappa shape index (κ1) is 22.3. The van der Waals surface area contributed by atoms with Gasteiger partial charge in [0.1, 0.15) is 12.4 Å². The van der Waals surface area contributed by atoms with E-state index in [2.05, 4.69) is 43.0 Å². The molecule has 5 heteroatoms. The number of piperazine rings is 1. The number of hydrogen-bond donors (Lipinski definition) is 0. The molecule has 1 heterocycles. The zero-order valence-corrected chi connectivity index (χ0v) is 18.5. The van der Waals surface area contributed by atoms with Gasteiger partial charge in [0.15, 0.2) is 0 Å². The first-order valence-corrected chi connectivity index (χ1v) is 11.0. The smallest absolute Gasteiger partial charge is 0.257 e. The summed E-state index contributed by atoms with van der Waals surface area (Å²) in [6, 6.07) is 16.4. The third-order valence-corrected chi connectivity index (χ3v) is 5.52. The second-order valence-electron chi connectivity index (χ2n) is 8.01. The van der Waals surface area contributed by atoms with Crippen molar-refractivity contribution < 1.29 is 14.3 Å². The molecular formula is C25H34N2O3. The first-order chi connectivity index (χ1) is 14.6. The number of amides is 1. The highest BCUT2D eigenvalue weighted by atomic mass is 16.5. The lowest BCUT2D eigenvalue weighted by Crippen LogP contribution is -2.48. The first-order valence-electron chi connectivity index (χ1n) is 11.0. The third kappa shape index (κ3) is 6.07. The number of carbonyl (C=O) groups excluding carboxylic acids is 1. The minimum atomic E-state index is 0.0444. The topological polar surface area (TPSA) is 42.0 Å². The Balaban J connectivity index is 1.53. The number of ether oxygens (including phenoxy) is 2. The number of benzene rings is 2. The van der Waals surface area contributed by atoms with Crippen molar-refractivity contribution in [2.45, 2.75) is 33.2 Å². The van der Waals surface area contributed by atoms with Gasteiger partial charge in [-0.1, -0.05) is 50.2 Å². The average Bonchev–Trinajstić information content (AvgIpc) is 2.77. The lowest BCUT2D eigenvalue weighted by molar-refractivity contribution is 0.0620. The van der Waals surface area contributed by atoms with Gasteiger partial charge in [0.25, 0.3) is 5.91 Å². The molecule has 0 atom stereocenters. The molecule has 0 N–H and O–H groups in total. The number of hydrogen-bond acceptors (Lipinski definition) is 4. The Hall–Kier alpha value is -2.37. The van der Waals surface area contributed by atoms with Crippen molar-refractivity contribution in [2.24, 2.45) is 0 Å². The molecule has 1 amide bonds. The fourth-order valence-electron chi connectivity index (χ4n) is 3.67. The van der Waals surface area contributed by atoms with E-state index in [-0.39, 0.29) is 5.91 Å². The van der Waals surface area contributed by atoms with Gasteiger partial charge >= 0.3 is 0 Å². The maximum atomic E-state index is 13.1. The van der Waals surface area contributed by atoms with E-state index in [1.54, 1.807) is 0 Å². The van der Waals surface area contributed by atoms with Gasteiger partial charge in [0, 0.05) is 39.3 Å². The molecule has 1 fully saturated rings. The monoisotopic (exact) mass is 410 g/mol. The zero-order valence-electron chi connectivity index (χ0n) is 18.5. The fourth-order valence-corrected chi connectivity index (χ4v) is 3.67. The molecular weight excluding hydrogens is 376 g/mol. The van der Waals surface area contributed by atoms with Crippen LogP contribution in [0.25, 0.3) is 0 Å².